The van der Waals surface area contributed by atoms with Gasteiger partial charge in [0, 0.05) is 38.1 Å². The van der Waals surface area contributed by atoms with E-state index in [1.807, 2.05) is 37.8 Å². The molecule has 1 heterocycles. The molecule has 5 nitrogen and oxygen atoms in total. The first-order valence-electron chi connectivity index (χ1n) is 9.10. The summed E-state index contributed by atoms with van der Waals surface area (Å²) in [4.78, 5) is 28.7. The highest BCUT2D eigenvalue weighted by Crippen LogP contribution is 2.18. The lowest BCUT2D eigenvalue weighted by Gasteiger charge is -2.28. The van der Waals surface area contributed by atoms with Crippen molar-refractivity contribution < 1.29 is 9.59 Å². The molecule has 1 saturated heterocycles. The van der Waals surface area contributed by atoms with Crippen molar-refractivity contribution in [2.75, 3.05) is 32.7 Å². The largest absolute Gasteiger partial charge is 0.351 e. The van der Waals surface area contributed by atoms with Crippen molar-refractivity contribution in [1.29, 1.82) is 0 Å². The molecule has 1 aromatic carbocycles. The standard InChI is InChI=1S/C20H31N3O2/c1-16-6-8-17(9-7-16)14-21-18(24)15-22-10-5-11-23(13-12-22)19(25)20(2,3)4/h6-9H,5,10-15H2,1-4H3,(H,21,24). The van der Waals surface area contributed by atoms with Gasteiger partial charge in [-0.25, -0.2) is 0 Å². The van der Waals surface area contributed by atoms with E-state index in [-0.39, 0.29) is 17.2 Å². The molecule has 25 heavy (non-hydrogen) atoms. The van der Waals surface area contributed by atoms with Gasteiger partial charge in [0.2, 0.25) is 11.8 Å². The fourth-order valence-corrected chi connectivity index (χ4v) is 2.97. The lowest BCUT2D eigenvalue weighted by Crippen LogP contribution is -2.42. The minimum Gasteiger partial charge on any atom is -0.351 e. The normalized spacial score (nSPS) is 16.4. The monoisotopic (exact) mass is 345 g/mol. The van der Waals surface area contributed by atoms with Gasteiger partial charge >= 0.3 is 0 Å². The van der Waals surface area contributed by atoms with Gasteiger partial charge in [-0.2, -0.15) is 0 Å². The molecule has 138 valence electrons. The van der Waals surface area contributed by atoms with Gasteiger partial charge in [0.25, 0.3) is 0 Å². The summed E-state index contributed by atoms with van der Waals surface area (Å²) in [5.74, 6) is 0.231. The maximum atomic E-state index is 12.4. The molecule has 1 N–H and O–H groups in total. The molecule has 5 heteroatoms. The number of nitrogens with zero attached hydrogens (tertiary/aromatic N) is 2. The molecule has 0 aliphatic carbocycles. The van der Waals surface area contributed by atoms with Crippen LogP contribution in [0.25, 0.3) is 0 Å². The topological polar surface area (TPSA) is 52.7 Å². The molecular formula is C20H31N3O2. The average Bonchev–Trinajstić information content (AvgIpc) is 2.78. The average molecular weight is 345 g/mol. The summed E-state index contributed by atoms with van der Waals surface area (Å²) >= 11 is 0. The molecule has 2 rings (SSSR count). The van der Waals surface area contributed by atoms with Gasteiger partial charge in [-0.05, 0) is 18.9 Å². The molecule has 0 saturated carbocycles. The molecule has 0 aromatic heterocycles. The summed E-state index contributed by atoms with van der Waals surface area (Å²) in [6.07, 6.45) is 0.910. The molecule has 0 bridgehead atoms. The van der Waals surface area contributed by atoms with Gasteiger partial charge in [0.1, 0.15) is 0 Å². The van der Waals surface area contributed by atoms with Crippen LogP contribution in [0.3, 0.4) is 0 Å². The Morgan fingerprint density at radius 1 is 1.04 bits per heavy atom. The highest BCUT2D eigenvalue weighted by atomic mass is 16.2. The van der Waals surface area contributed by atoms with Crippen LogP contribution in [-0.4, -0.2) is 54.3 Å². The Balaban J connectivity index is 1.78. The summed E-state index contributed by atoms with van der Waals surface area (Å²) in [5, 5.41) is 2.98. The maximum absolute atomic E-state index is 12.4. The second kappa shape index (κ2) is 8.48. The van der Waals surface area contributed by atoms with Crippen molar-refractivity contribution in [3.63, 3.8) is 0 Å². The van der Waals surface area contributed by atoms with Crippen LogP contribution < -0.4 is 5.32 Å². The number of rotatable bonds is 4. The highest BCUT2D eigenvalue weighted by molar-refractivity contribution is 5.81. The van der Waals surface area contributed by atoms with Crippen LogP contribution in [0.2, 0.25) is 0 Å². The first-order chi connectivity index (χ1) is 11.8. The maximum Gasteiger partial charge on any atom is 0.234 e. The Morgan fingerprint density at radius 2 is 1.72 bits per heavy atom. The van der Waals surface area contributed by atoms with Crippen LogP contribution >= 0.6 is 0 Å². The van der Waals surface area contributed by atoms with Crippen molar-refractivity contribution in [2.45, 2.75) is 40.7 Å². The van der Waals surface area contributed by atoms with E-state index in [0.29, 0.717) is 19.6 Å². The molecule has 0 unspecified atom stereocenters. The number of benzene rings is 1. The van der Waals surface area contributed by atoms with E-state index >= 15 is 0 Å². The van der Waals surface area contributed by atoms with Gasteiger partial charge in [0.15, 0.2) is 0 Å². The SMILES string of the molecule is Cc1ccc(CNC(=O)CN2CCCN(C(=O)C(C)(C)C)CC2)cc1. The number of hydrogen-bond donors (Lipinski definition) is 1. The van der Waals surface area contributed by atoms with Crippen LogP contribution in [0.15, 0.2) is 24.3 Å². The van der Waals surface area contributed by atoms with Crippen LogP contribution in [0.1, 0.15) is 38.3 Å². The quantitative estimate of drug-likeness (QED) is 0.910. The fourth-order valence-electron chi connectivity index (χ4n) is 2.97. The van der Waals surface area contributed by atoms with Gasteiger partial charge in [-0.1, -0.05) is 50.6 Å². The summed E-state index contributed by atoms with van der Waals surface area (Å²) < 4.78 is 0. The zero-order valence-corrected chi connectivity index (χ0v) is 16.0. The van der Waals surface area contributed by atoms with Crippen molar-refractivity contribution in [1.82, 2.24) is 15.1 Å². The lowest BCUT2D eigenvalue weighted by molar-refractivity contribution is -0.139. The van der Waals surface area contributed by atoms with Crippen LogP contribution in [0.4, 0.5) is 0 Å². The van der Waals surface area contributed by atoms with Crippen molar-refractivity contribution >= 4 is 11.8 Å². The van der Waals surface area contributed by atoms with E-state index in [4.69, 9.17) is 0 Å². The van der Waals surface area contributed by atoms with Crippen molar-refractivity contribution in [2.24, 2.45) is 5.41 Å². The second-order valence-electron chi connectivity index (χ2n) is 7.93. The molecule has 1 fully saturated rings. The van der Waals surface area contributed by atoms with Gasteiger partial charge in [-0.15, -0.1) is 0 Å². The van der Waals surface area contributed by atoms with Gasteiger partial charge in [0.05, 0.1) is 6.54 Å². The van der Waals surface area contributed by atoms with E-state index in [0.717, 1.165) is 31.6 Å². The Hall–Kier alpha value is -1.88. The van der Waals surface area contributed by atoms with E-state index < -0.39 is 0 Å². The number of aryl methyl sites for hydroxylation is 1. The zero-order chi connectivity index (χ0) is 18.4. The van der Waals surface area contributed by atoms with Crippen LogP contribution in [0, 0.1) is 12.3 Å². The van der Waals surface area contributed by atoms with E-state index in [2.05, 4.69) is 29.3 Å². The number of carbonyl (C=O) groups is 2. The summed E-state index contributed by atoms with van der Waals surface area (Å²) in [5.41, 5.74) is 1.98. The summed E-state index contributed by atoms with van der Waals surface area (Å²) in [6, 6.07) is 8.18. The highest BCUT2D eigenvalue weighted by Gasteiger charge is 2.28. The predicted molar refractivity (Wildman–Crippen MR) is 100 cm³/mol. The smallest absolute Gasteiger partial charge is 0.234 e. The van der Waals surface area contributed by atoms with Gasteiger partial charge in [-0.3, -0.25) is 14.5 Å². The predicted octanol–water partition coefficient (Wildman–Crippen LogP) is 2.19. The molecular weight excluding hydrogens is 314 g/mol. The Labute approximate surface area is 151 Å². The van der Waals surface area contributed by atoms with Crippen molar-refractivity contribution in [3.8, 4) is 0 Å². The number of carbonyl (C=O) groups excluding carboxylic acids is 2. The molecule has 0 spiro atoms. The number of hydrogen-bond acceptors (Lipinski definition) is 3. The van der Waals surface area contributed by atoms with E-state index in [1.165, 1.54) is 5.56 Å². The molecule has 1 aliphatic heterocycles. The lowest BCUT2D eigenvalue weighted by atomic mass is 9.94. The summed E-state index contributed by atoms with van der Waals surface area (Å²) in [6.45, 7) is 11.9. The fraction of sp³-hybridized carbons (Fsp3) is 0.600. The number of amides is 2. The van der Waals surface area contributed by atoms with E-state index in [9.17, 15) is 9.59 Å². The third kappa shape index (κ3) is 6.16. The number of nitrogens with one attached hydrogen (secondary N) is 1. The van der Waals surface area contributed by atoms with Crippen molar-refractivity contribution in [3.05, 3.63) is 35.4 Å². The molecule has 0 radical (unpaired) electrons. The molecule has 1 aliphatic rings. The molecule has 0 atom stereocenters. The minimum atomic E-state index is -0.347. The first-order valence-corrected chi connectivity index (χ1v) is 9.10. The summed E-state index contributed by atoms with van der Waals surface area (Å²) in [7, 11) is 0. The first kappa shape index (κ1) is 19.4. The van der Waals surface area contributed by atoms with Crippen LogP contribution in [0.5, 0.6) is 0 Å². The van der Waals surface area contributed by atoms with E-state index in [1.54, 1.807) is 0 Å². The minimum absolute atomic E-state index is 0.0381. The molecule has 1 aromatic rings. The third-order valence-electron chi connectivity index (χ3n) is 4.49. The van der Waals surface area contributed by atoms with Gasteiger partial charge < -0.3 is 10.2 Å². The third-order valence-corrected chi connectivity index (χ3v) is 4.49. The Morgan fingerprint density at radius 3 is 2.36 bits per heavy atom. The van der Waals surface area contributed by atoms with Crippen LogP contribution in [-0.2, 0) is 16.1 Å². The molecule has 2 amide bonds. The Kier molecular flexibility index (Phi) is 6.59. The second-order valence-corrected chi connectivity index (χ2v) is 7.93. The zero-order valence-electron chi connectivity index (χ0n) is 16.0. The Bertz CT molecular complexity index is 590.